The topological polar surface area (TPSA) is 29.5 Å². The van der Waals surface area contributed by atoms with Crippen LogP contribution in [0.15, 0.2) is 36.9 Å². The molecule has 0 saturated carbocycles. The van der Waals surface area contributed by atoms with E-state index in [4.69, 9.17) is 9.84 Å². The fourth-order valence-electron chi connectivity index (χ4n) is 1.33. The third-order valence-corrected chi connectivity index (χ3v) is 2.34. The van der Waals surface area contributed by atoms with Crippen LogP contribution >= 0.6 is 0 Å². The molecule has 0 radical (unpaired) electrons. The standard InChI is InChI=1S/C13H17FO2/c1-2-3-4-11(9-15)10-16-13-7-5-12(14)6-8-13/h2,5-8,11,15H,1,3-4,9-10H2. The minimum absolute atomic E-state index is 0.0923. The molecule has 3 heteroatoms. The number of ether oxygens (including phenoxy) is 1. The van der Waals surface area contributed by atoms with Crippen molar-refractivity contribution in [3.8, 4) is 5.75 Å². The van der Waals surface area contributed by atoms with E-state index < -0.39 is 0 Å². The SMILES string of the molecule is C=CCCC(CO)COc1ccc(F)cc1. The molecule has 1 atom stereocenters. The van der Waals surface area contributed by atoms with Crippen molar-refractivity contribution in [2.75, 3.05) is 13.2 Å². The number of hydrogen-bond donors (Lipinski definition) is 1. The molecule has 1 aromatic carbocycles. The van der Waals surface area contributed by atoms with Crippen molar-refractivity contribution in [1.29, 1.82) is 0 Å². The predicted molar refractivity (Wildman–Crippen MR) is 61.9 cm³/mol. The molecule has 1 unspecified atom stereocenters. The molecule has 0 aliphatic rings. The number of rotatable bonds is 7. The van der Waals surface area contributed by atoms with E-state index in [1.165, 1.54) is 12.1 Å². The maximum Gasteiger partial charge on any atom is 0.123 e. The molecule has 1 rings (SSSR count). The summed E-state index contributed by atoms with van der Waals surface area (Å²) in [4.78, 5) is 0. The van der Waals surface area contributed by atoms with E-state index in [9.17, 15) is 4.39 Å². The average molecular weight is 224 g/mol. The van der Waals surface area contributed by atoms with E-state index in [0.29, 0.717) is 12.4 Å². The zero-order valence-corrected chi connectivity index (χ0v) is 9.23. The fraction of sp³-hybridized carbons (Fsp3) is 0.385. The minimum atomic E-state index is -0.280. The van der Waals surface area contributed by atoms with Crippen molar-refractivity contribution in [1.82, 2.24) is 0 Å². The van der Waals surface area contributed by atoms with Gasteiger partial charge in [-0.1, -0.05) is 6.08 Å². The molecule has 2 nitrogen and oxygen atoms in total. The van der Waals surface area contributed by atoms with Crippen molar-refractivity contribution in [2.45, 2.75) is 12.8 Å². The van der Waals surface area contributed by atoms with Gasteiger partial charge in [-0.15, -0.1) is 6.58 Å². The fourth-order valence-corrected chi connectivity index (χ4v) is 1.33. The molecule has 0 saturated heterocycles. The lowest BCUT2D eigenvalue weighted by Crippen LogP contribution is -2.15. The Kier molecular flexibility index (Phi) is 5.57. The van der Waals surface area contributed by atoms with Crippen LogP contribution in [-0.4, -0.2) is 18.3 Å². The van der Waals surface area contributed by atoms with Crippen LogP contribution in [0.3, 0.4) is 0 Å². The molecule has 1 aromatic rings. The van der Waals surface area contributed by atoms with Gasteiger partial charge in [-0.2, -0.15) is 0 Å². The van der Waals surface area contributed by atoms with E-state index in [-0.39, 0.29) is 18.3 Å². The molecular weight excluding hydrogens is 207 g/mol. The first kappa shape index (κ1) is 12.7. The Balaban J connectivity index is 2.36. The van der Waals surface area contributed by atoms with Crippen LogP contribution in [0.2, 0.25) is 0 Å². The molecule has 16 heavy (non-hydrogen) atoms. The number of allylic oxidation sites excluding steroid dienone is 1. The van der Waals surface area contributed by atoms with Crippen LogP contribution in [-0.2, 0) is 0 Å². The van der Waals surface area contributed by atoms with Crippen molar-refractivity contribution in [2.24, 2.45) is 5.92 Å². The van der Waals surface area contributed by atoms with Crippen molar-refractivity contribution in [3.05, 3.63) is 42.7 Å². The Hall–Kier alpha value is -1.35. The third-order valence-electron chi connectivity index (χ3n) is 2.34. The summed E-state index contributed by atoms with van der Waals surface area (Å²) in [5, 5.41) is 9.10. The lowest BCUT2D eigenvalue weighted by atomic mass is 10.1. The summed E-state index contributed by atoms with van der Waals surface area (Å²) in [6.07, 6.45) is 3.53. The molecule has 0 aliphatic carbocycles. The summed E-state index contributed by atoms with van der Waals surface area (Å²) < 4.78 is 18.1. The summed E-state index contributed by atoms with van der Waals surface area (Å²) in [5.41, 5.74) is 0. The molecule has 0 aliphatic heterocycles. The monoisotopic (exact) mass is 224 g/mol. The highest BCUT2D eigenvalue weighted by Gasteiger charge is 2.07. The Morgan fingerprint density at radius 3 is 2.62 bits per heavy atom. The molecular formula is C13H17FO2. The van der Waals surface area contributed by atoms with Gasteiger partial charge in [0.1, 0.15) is 11.6 Å². The van der Waals surface area contributed by atoms with Gasteiger partial charge in [0.15, 0.2) is 0 Å². The molecule has 0 spiro atoms. The van der Waals surface area contributed by atoms with Crippen LogP contribution in [0, 0.1) is 11.7 Å². The van der Waals surface area contributed by atoms with Crippen LogP contribution in [0.25, 0.3) is 0 Å². The lowest BCUT2D eigenvalue weighted by molar-refractivity contribution is 0.157. The first-order valence-corrected chi connectivity index (χ1v) is 5.36. The molecule has 88 valence electrons. The molecule has 0 fully saturated rings. The van der Waals surface area contributed by atoms with E-state index in [1.807, 2.05) is 6.08 Å². The largest absolute Gasteiger partial charge is 0.493 e. The summed E-state index contributed by atoms with van der Waals surface area (Å²) in [6.45, 7) is 4.16. The summed E-state index contributed by atoms with van der Waals surface area (Å²) >= 11 is 0. The van der Waals surface area contributed by atoms with Gasteiger partial charge in [0.2, 0.25) is 0 Å². The van der Waals surface area contributed by atoms with Gasteiger partial charge in [0.25, 0.3) is 0 Å². The molecule has 0 heterocycles. The van der Waals surface area contributed by atoms with Gasteiger partial charge >= 0.3 is 0 Å². The quantitative estimate of drug-likeness (QED) is 0.722. The van der Waals surface area contributed by atoms with E-state index >= 15 is 0 Å². The zero-order valence-electron chi connectivity index (χ0n) is 9.23. The third kappa shape index (κ3) is 4.45. The number of aliphatic hydroxyl groups excluding tert-OH is 1. The highest BCUT2D eigenvalue weighted by atomic mass is 19.1. The van der Waals surface area contributed by atoms with Gasteiger partial charge in [-0.25, -0.2) is 4.39 Å². The smallest absolute Gasteiger partial charge is 0.123 e. The number of benzene rings is 1. The molecule has 1 N–H and O–H groups in total. The Labute approximate surface area is 95.4 Å². The zero-order chi connectivity index (χ0) is 11.8. The van der Waals surface area contributed by atoms with E-state index in [1.54, 1.807) is 12.1 Å². The second kappa shape index (κ2) is 7.01. The first-order valence-electron chi connectivity index (χ1n) is 5.36. The lowest BCUT2D eigenvalue weighted by Gasteiger charge is -2.14. The van der Waals surface area contributed by atoms with E-state index in [2.05, 4.69) is 6.58 Å². The second-order valence-corrected chi connectivity index (χ2v) is 3.68. The maximum absolute atomic E-state index is 12.6. The first-order chi connectivity index (χ1) is 7.76. The number of hydrogen-bond acceptors (Lipinski definition) is 2. The van der Waals surface area contributed by atoms with Gasteiger partial charge in [0.05, 0.1) is 6.61 Å². The Morgan fingerprint density at radius 2 is 2.06 bits per heavy atom. The van der Waals surface area contributed by atoms with Crippen LogP contribution in [0.4, 0.5) is 4.39 Å². The van der Waals surface area contributed by atoms with Crippen LogP contribution < -0.4 is 4.74 Å². The van der Waals surface area contributed by atoms with Crippen molar-refractivity contribution >= 4 is 0 Å². The predicted octanol–water partition coefficient (Wildman–Crippen LogP) is 2.78. The van der Waals surface area contributed by atoms with Crippen molar-refractivity contribution < 1.29 is 14.2 Å². The van der Waals surface area contributed by atoms with E-state index in [0.717, 1.165) is 12.8 Å². The number of aliphatic hydroxyl groups is 1. The summed E-state index contributed by atoms with van der Waals surface area (Å²) in [6, 6.07) is 5.87. The highest BCUT2D eigenvalue weighted by molar-refractivity contribution is 5.21. The average Bonchev–Trinajstić information content (AvgIpc) is 2.32. The summed E-state index contributed by atoms with van der Waals surface area (Å²) in [7, 11) is 0. The summed E-state index contributed by atoms with van der Waals surface area (Å²) in [5.74, 6) is 0.444. The second-order valence-electron chi connectivity index (χ2n) is 3.68. The molecule has 0 bridgehead atoms. The van der Waals surface area contributed by atoms with Gasteiger partial charge < -0.3 is 9.84 Å². The van der Waals surface area contributed by atoms with Crippen LogP contribution in [0.1, 0.15) is 12.8 Å². The van der Waals surface area contributed by atoms with Crippen LogP contribution in [0.5, 0.6) is 5.75 Å². The Morgan fingerprint density at radius 1 is 1.38 bits per heavy atom. The van der Waals surface area contributed by atoms with Gasteiger partial charge in [0, 0.05) is 12.5 Å². The van der Waals surface area contributed by atoms with Crippen molar-refractivity contribution in [3.63, 3.8) is 0 Å². The number of halogens is 1. The van der Waals surface area contributed by atoms with Gasteiger partial charge in [-0.05, 0) is 37.1 Å². The minimum Gasteiger partial charge on any atom is -0.493 e. The normalized spacial score (nSPS) is 12.1. The molecule has 0 amide bonds. The maximum atomic E-state index is 12.6. The molecule has 0 aromatic heterocycles. The highest BCUT2D eigenvalue weighted by Crippen LogP contribution is 2.14. The Bertz CT molecular complexity index is 308. The van der Waals surface area contributed by atoms with Gasteiger partial charge in [-0.3, -0.25) is 0 Å².